The van der Waals surface area contributed by atoms with Gasteiger partial charge in [0.1, 0.15) is 0 Å². The van der Waals surface area contributed by atoms with Crippen molar-refractivity contribution in [2.75, 3.05) is 26.3 Å². The van der Waals surface area contributed by atoms with E-state index in [0.717, 1.165) is 45.1 Å². The average Bonchev–Trinajstić information content (AvgIpc) is 2.44. The number of nitrogens with one attached hydrogen (secondary N) is 1. The van der Waals surface area contributed by atoms with Crippen LogP contribution >= 0.6 is 0 Å². The number of hydrogen-bond acceptors (Lipinski definition) is 2. The van der Waals surface area contributed by atoms with Crippen LogP contribution in [0.15, 0.2) is 30.3 Å². The van der Waals surface area contributed by atoms with Crippen LogP contribution < -0.4 is 5.32 Å². The monoisotopic (exact) mass is 277 g/mol. The molecule has 20 heavy (non-hydrogen) atoms. The first-order chi connectivity index (χ1) is 9.72. The van der Waals surface area contributed by atoms with Gasteiger partial charge in [-0.25, -0.2) is 0 Å². The summed E-state index contributed by atoms with van der Waals surface area (Å²) in [6.45, 7) is 10.5. The van der Waals surface area contributed by atoms with Crippen molar-refractivity contribution < 1.29 is 4.74 Å². The fourth-order valence-corrected chi connectivity index (χ4v) is 2.42. The molecule has 1 aromatic rings. The van der Waals surface area contributed by atoms with Crippen molar-refractivity contribution in [3.63, 3.8) is 0 Å². The predicted octanol–water partition coefficient (Wildman–Crippen LogP) is 3.91. The van der Waals surface area contributed by atoms with Crippen LogP contribution in [0.2, 0.25) is 0 Å². The van der Waals surface area contributed by atoms with Crippen molar-refractivity contribution in [3.05, 3.63) is 35.9 Å². The molecule has 0 saturated heterocycles. The van der Waals surface area contributed by atoms with E-state index in [4.69, 9.17) is 4.74 Å². The molecule has 0 radical (unpaired) electrons. The minimum atomic E-state index is 0.705. The second kappa shape index (κ2) is 10.9. The van der Waals surface area contributed by atoms with Gasteiger partial charge < -0.3 is 10.1 Å². The van der Waals surface area contributed by atoms with Gasteiger partial charge >= 0.3 is 0 Å². The molecule has 2 nitrogen and oxygen atoms in total. The molecule has 0 saturated carbocycles. The average molecular weight is 277 g/mol. The third-order valence-corrected chi connectivity index (χ3v) is 3.46. The minimum Gasteiger partial charge on any atom is -0.382 e. The third kappa shape index (κ3) is 8.34. The molecule has 1 unspecified atom stereocenters. The molecule has 1 N–H and O–H groups in total. The second-order valence-corrected chi connectivity index (χ2v) is 5.95. The molecular formula is C18H31NO. The zero-order valence-corrected chi connectivity index (χ0v) is 13.4. The Labute approximate surface area is 124 Å². The van der Waals surface area contributed by atoms with Gasteiger partial charge in [0, 0.05) is 13.2 Å². The van der Waals surface area contributed by atoms with Gasteiger partial charge in [-0.1, -0.05) is 44.2 Å². The molecule has 1 aromatic carbocycles. The normalized spacial score (nSPS) is 12.8. The molecule has 0 aliphatic carbocycles. The highest BCUT2D eigenvalue weighted by Crippen LogP contribution is 2.14. The first-order valence-electron chi connectivity index (χ1n) is 8.04. The van der Waals surface area contributed by atoms with E-state index >= 15 is 0 Å². The van der Waals surface area contributed by atoms with Crippen molar-refractivity contribution in [3.8, 4) is 0 Å². The summed E-state index contributed by atoms with van der Waals surface area (Å²) in [5, 5.41) is 3.61. The maximum atomic E-state index is 5.46. The van der Waals surface area contributed by atoms with E-state index in [2.05, 4.69) is 56.4 Å². The summed E-state index contributed by atoms with van der Waals surface area (Å²) >= 11 is 0. The van der Waals surface area contributed by atoms with E-state index in [0.29, 0.717) is 5.92 Å². The number of hydrogen-bond donors (Lipinski definition) is 1. The molecule has 2 heteroatoms. The Balaban J connectivity index is 2.37. The lowest BCUT2D eigenvalue weighted by Gasteiger charge is -2.18. The van der Waals surface area contributed by atoms with Crippen LogP contribution in [0.25, 0.3) is 0 Å². The topological polar surface area (TPSA) is 21.3 Å². The SMILES string of the molecule is CCOCCCC(CNCC(C)C)Cc1ccccc1. The van der Waals surface area contributed by atoms with Crippen molar-refractivity contribution in [2.45, 2.75) is 40.0 Å². The smallest absolute Gasteiger partial charge is 0.0466 e. The van der Waals surface area contributed by atoms with E-state index in [1.807, 2.05) is 0 Å². The molecule has 0 heterocycles. The second-order valence-electron chi connectivity index (χ2n) is 5.95. The Hall–Kier alpha value is -0.860. The van der Waals surface area contributed by atoms with Crippen molar-refractivity contribution in [1.82, 2.24) is 5.32 Å². The summed E-state index contributed by atoms with van der Waals surface area (Å²) < 4.78 is 5.46. The van der Waals surface area contributed by atoms with E-state index < -0.39 is 0 Å². The van der Waals surface area contributed by atoms with Gasteiger partial charge in [-0.15, -0.1) is 0 Å². The molecular weight excluding hydrogens is 246 g/mol. The van der Waals surface area contributed by atoms with Gasteiger partial charge in [-0.05, 0) is 56.7 Å². The Morgan fingerprint density at radius 1 is 1.10 bits per heavy atom. The summed E-state index contributed by atoms with van der Waals surface area (Å²) in [7, 11) is 0. The third-order valence-electron chi connectivity index (χ3n) is 3.46. The number of ether oxygens (including phenoxy) is 1. The van der Waals surface area contributed by atoms with Gasteiger partial charge in [-0.2, -0.15) is 0 Å². The first kappa shape index (κ1) is 17.2. The fraction of sp³-hybridized carbons (Fsp3) is 0.667. The molecule has 0 aromatic heterocycles. The zero-order valence-electron chi connectivity index (χ0n) is 13.4. The molecule has 0 aliphatic rings. The number of benzene rings is 1. The van der Waals surface area contributed by atoms with Crippen LogP contribution in [0.3, 0.4) is 0 Å². The molecule has 0 aliphatic heterocycles. The van der Waals surface area contributed by atoms with Crippen molar-refractivity contribution >= 4 is 0 Å². The summed E-state index contributed by atoms with van der Waals surface area (Å²) in [6, 6.07) is 10.8. The molecule has 1 rings (SSSR count). The highest BCUT2D eigenvalue weighted by molar-refractivity contribution is 5.15. The molecule has 114 valence electrons. The predicted molar refractivity (Wildman–Crippen MR) is 87.1 cm³/mol. The van der Waals surface area contributed by atoms with Gasteiger partial charge in [0.2, 0.25) is 0 Å². The van der Waals surface area contributed by atoms with Gasteiger partial charge in [0.05, 0.1) is 0 Å². The van der Waals surface area contributed by atoms with Crippen LogP contribution in [-0.4, -0.2) is 26.3 Å². The van der Waals surface area contributed by atoms with Crippen LogP contribution in [0.4, 0.5) is 0 Å². The molecule has 0 spiro atoms. The lowest BCUT2D eigenvalue weighted by molar-refractivity contribution is 0.139. The van der Waals surface area contributed by atoms with Crippen LogP contribution in [0, 0.1) is 11.8 Å². The van der Waals surface area contributed by atoms with Gasteiger partial charge in [-0.3, -0.25) is 0 Å². The molecule has 0 amide bonds. The first-order valence-corrected chi connectivity index (χ1v) is 8.04. The quantitative estimate of drug-likeness (QED) is 0.619. The van der Waals surface area contributed by atoms with Crippen LogP contribution in [0.1, 0.15) is 39.2 Å². The Kier molecular flexibility index (Phi) is 9.35. The van der Waals surface area contributed by atoms with E-state index in [1.165, 1.54) is 12.0 Å². The highest BCUT2D eigenvalue weighted by Gasteiger charge is 2.10. The Morgan fingerprint density at radius 3 is 2.50 bits per heavy atom. The van der Waals surface area contributed by atoms with Crippen LogP contribution in [-0.2, 0) is 11.2 Å². The van der Waals surface area contributed by atoms with E-state index in [1.54, 1.807) is 0 Å². The Bertz CT molecular complexity index is 323. The standard InChI is InChI=1S/C18H31NO/c1-4-20-12-8-11-18(15-19-14-16(2)3)13-17-9-6-5-7-10-17/h5-7,9-10,16,18-19H,4,8,11-15H2,1-3H3. The summed E-state index contributed by atoms with van der Waals surface area (Å²) in [5.74, 6) is 1.42. The number of rotatable bonds is 11. The van der Waals surface area contributed by atoms with Gasteiger partial charge in [0.15, 0.2) is 0 Å². The molecule has 1 atom stereocenters. The largest absolute Gasteiger partial charge is 0.382 e. The lowest BCUT2D eigenvalue weighted by atomic mass is 9.94. The van der Waals surface area contributed by atoms with E-state index in [9.17, 15) is 0 Å². The van der Waals surface area contributed by atoms with Crippen LogP contribution in [0.5, 0.6) is 0 Å². The lowest BCUT2D eigenvalue weighted by Crippen LogP contribution is -2.27. The van der Waals surface area contributed by atoms with Crippen molar-refractivity contribution in [2.24, 2.45) is 11.8 Å². The Morgan fingerprint density at radius 2 is 1.85 bits per heavy atom. The highest BCUT2D eigenvalue weighted by atomic mass is 16.5. The maximum absolute atomic E-state index is 5.46. The van der Waals surface area contributed by atoms with Crippen molar-refractivity contribution in [1.29, 1.82) is 0 Å². The summed E-state index contributed by atoms with van der Waals surface area (Å²) in [5.41, 5.74) is 1.44. The van der Waals surface area contributed by atoms with E-state index in [-0.39, 0.29) is 0 Å². The molecule has 0 fully saturated rings. The minimum absolute atomic E-state index is 0.705. The summed E-state index contributed by atoms with van der Waals surface area (Å²) in [6.07, 6.45) is 3.56. The maximum Gasteiger partial charge on any atom is 0.0466 e. The van der Waals surface area contributed by atoms with Gasteiger partial charge in [0.25, 0.3) is 0 Å². The molecule has 0 bridgehead atoms. The fourth-order valence-electron chi connectivity index (χ4n) is 2.42. The summed E-state index contributed by atoms with van der Waals surface area (Å²) in [4.78, 5) is 0. The zero-order chi connectivity index (χ0) is 14.6.